The van der Waals surface area contributed by atoms with Crippen LogP contribution in [0.15, 0.2) is 12.4 Å². The van der Waals surface area contributed by atoms with Crippen molar-refractivity contribution in [3.63, 3.8) is 0 Å². The van der Waals surface area contributed by atoms with E-state index in [-0.39, 0.29) is 5.91 Å². The smallest absolute Gasteiger partial charge is 0.224 e. The van der Waals surface area contributed by atoms with Crippen LogP contribution >= 0.6 is 11.6 Å². The Morgan fingerprint density at radius 3 is 2.83 bits per heavy atom. The van der Waals surface area contributed by atoms with E-state index in [9.17, 15) is 4.79 Å². The van der Waals surface area contributed by atoms with Crippen LogP contribution < -0.4 is 0 Å². The molecule has 1 amide bonds. The number of likely N-dealkylation sites (N-methyl/N-ethyl adjacent to an activating group) is 2. The van der Waals surface area contributed by atoms with Crippen molar-refractivity contribution in [2.75, 3.05) is 47.3 Å². The molecule has 0 aromatic carbocycles. The van der Waals surface area contributed by atoms with Gasteiger partial charge < -0.3 is 14.7 Å². The fraction of sp³-hybridized carbons (Fsp3) is 0.750. The zero-order valence-corrected chi connectivity index (χ0v) is 15.2. The Bertz CT molecular complexity index is 504. The van der Waals surface area contributed by atoms with Crippen LogP contribution in [-0.4, -0.2) is 83.8 Å². The van der Waals surface area contributed by atoms with E-state index in [4.69, 9.17) is 11.6 Å². The second-order valence-electron chi connectivity index (χ2n) is 6.59. The molecule has 0 N–H and O–H groups in total. The zero-order valence-electron chi connectivity index (χ0n) is 14.4. The van der Waals surface area contributed by atoms with Gasteiger partial charge in [-0.1, -0.05) is 11.6 Å². The minimum absolute atomic E-state index is 0.210. The van der Waals surface area contributed by atoms with E-state index >= 15 is 0 Å². The molecular formula is C16H28ClN5O. The van der Waals surface area contributed by atoms with Gasteiger partial charge in [-0.15, -0.1) is 0 Å². The molecule has 6 nitrogen and oxygen atoms in total. The molecule has 2 heterocycles. The monoisotopic (exact) mass is 341 g/mol. The number of likely N-dealkylation sites (tertiary alicyclic amines) is 1. The fourth-order valence-electron chi connectivity index (χ4n) is 2.91. The van der Waals surface area contributed by atoms with Crippen LogP contribution in [0.5, 0.6) is 0 Å². The van der Waals surface area contributed by atoms with Gasteiger partial charge in [-0.05, 0) is 34.0 Å². The first-order valence-corrected chi connectivity index (χ1v) is 8.64. The second kappa shape index (κ2) is 8.66. The summed E-state index contributed by atoms with van der Waals surface area (Å²) in [5.74, 6) is 0.210. The van der Waals surface area contributed by atoms with Crippen molar-refractivity contribution in [1.82, 2.24) is 24.5 Å². The van der Waals surface area contributed by atoms with Crippen molar-refractivity contribution in [3.8, 4) is 0 Å². The predicted octanol–water partition coefficient (Wildman–Crippen LogP) is 1.41. The first-order chi connectivity index (χ1) is 11.0. The van der Waals surface area contributed by atoms with Gasteiger partial charge in [0.15, 0.2) is 0 Å². The van der Waals surface area contributed by atoms with Crippen LogP contribution in [0.2, 0.25) is 5.02 Å². The molecule has 1 aromatic rings. The summed E-state index contributed by atoms with van der Waals surface area (Å²) in [7, 11) is 6.34. The van der Waals surface area contributed by atoms with Gasteiger partial charge >= 0.3 is 0 Å². The molecule has 1 aliphatic heterocycles. The number of hydrogen-bond acceptors (Lipinski definition) is 4. The number of carbonyl (C=O) groups is 1. The Morgan fingerprint density at radius 2 is 2.17 bits per heavy atom. The van der Waals surface area contributed by atoms with Crippen LogP contribution in [-0.2, 0) is 11.3 Å². The van der Waals surface area contributed by atoms with Crippen LogP contribution in [0.4, 0.5) is 0 Å². The van der Waals surface area contributed by atoms with E-state index in [0.717, 1.165) is 32.6 Å². The molecule has 0 saturated carbocycles. The highest BCUT2D eigenvalue weighted by molar-refractivity contribution is 6.30. The van der Waals surface area contributed by atoms with E-state index in [1.807, 2.05) is 4.90 Å². The predicted molar refractivity (Wildman–Crippen MR) is 92.6 cm³/mol. The molecule has 0 bridgehead atoms. The Kier molecular flexibility index (Phi) is 6.87. The van der Waals surface area contributed by atoms with Gasteiger partial charge in [-0.3, -0.25) is 9.48 Å². The SMILES string of the molecule is CN(C)CCN(C)[C@H]1CCCN(C(=O)CCn2cc(Cl)cn2)C1. The number of carbonyl (C=O) groups excluding carboxylic acids is 1. The maximum Gasteiger partial charge on any atom is 0.224 e. The molecule has 0 radical (unpaired) electrons. The fourth-order valence-corrected chi connectivity index (χ4v) is 3.07. The standard InChI is InChI=1S/C16H28ClN5O/c1-19(2)9-10-20(3)15-5-4-7-21(13-15)16(23)6-8-22-12-14(17)11-18-22/h11-12,15H,4-10,13H2,1-3H3/t15-/m0/s1. The number of aromatic nitrogens is 2. The van der Waals surface area contributed by atoms with Gasteiger partial charge in [0.05, 0.1) is 11.2 Å². The van der Waals surface area contributed by atoms with Crippen molar-refractivity contribution in [2.24, 2.45) is 0 Å². The summed E-state index contributed by atoms with van der Waals surface area (Å²) >= 11 is 5.84. The summed E-state index contributed by atoms with van der Waals surface area (Å²) in [4.78, 5) is 19.0. The summed E-state index contributed by atoms with van der Waals surface area (Å²) < 4.78 is 1.73. The van der Waals surface area contributed by atoms with Crippen LogP contribution in [0, 0.1) is 0 Å². The molecule has 2 rings (SSSR count). The number of amides is 1. The third kappa shape index (κ3) is 5.79. The molecular weight excluding hydrogens is 314 g/mol. The number of nitrogens with zero attached hydrogens (tertiary/aromatic N) is 5. The van der Waals surface area contributed by atoms with Crippen molar-refractivity contribution in [1.29, 1.82) is 0 Å². The summed E-state index contributed by atoms with van der Waals surface area (Å²) in [5, 5.41) is 4.73. The number of hydrogen-bond donors (Lipinski definition) is 0. The lowest BCUT2D eigenvalue weighted by Crippen LogP contribution is -2.49. The second-order valence-corrected chi connectivity index (χ2v) is 7.03. The van der Waals surface area contributed by atoms with E-state index in [0.29, 0.717) is 24.0 Å². The number of halogens is 1. The minimum Gasteiger partial charge on any atom is -0.341 e. The lowest BCUT2D eigenvalue weighted by molar-refractivity contribution is -0.133. The Morgan fingerprint density at radius 1 is 1.39 bits per heavy atom. The first kappa shape index (κ1) is 18.2. The van der Waals surface area contributed by atoms with Crippen LogP contribution in [0.1, 0.15) is 19.3 Å². The maximum absolute atomic E-state index is 12.4. The van der Waals surface area contributed by atoms with E-state index < -0.39 is 0 Å². The molecule has 1 saturated heterocycles. The molecule has 1 aromatic heterocycles. The van der Waals surface area contributed by atoms with Crippen LogP contribution in [0.25, 0.3) is 0 Å². The minimum atomic E-state index is 0.210. The molecule has 7 heteroatoms. The van der Waals surface area contributed by atoms with E-state index in [1.165, 1.54) is 6.42 Å². The first-order valence-electron chi connectivity index (χ1n) is 8.26. The van der Waals surface area contributed by atoms with Crippen molar-refractivity contribution in [2.45, 2.75) is 31.8 Å². The molecule has 1 atom stereocenters. The van der Waals surface area contributed by atoms with Crippen molar-refractivity contribution in [3.05, 3.63) is 17.4 Å². The maximum atomic E-state index is 12.4. The average molecular weight is 342 g/mol. The molecule has 0 spiro atoms. The number of aryl methyl sites for hydroxylation is 1. The highest BCUT2D eigenvalue weighted by atomic mass is 35.5. The molecule has 23 heavy (non-hydrogen) atoms. The normalized spacial score (nSPS) is 18.9. The van der Waals surface area contributed by atoms with Crippen molar-refractivity contribution < 1.29 is 4.79 Å². The van der Waals surface area contributed by atoms with Gasteiger partial charge in [0.25, 0.3) is 0 Å². The van der Waals surface area contributed by atoms with Gasteiger partial charge in [0.1, 0.15) is 0 Å². The van der Waals surface area contributed by atoms with Crippen molar-refractivity contribution >= 4 is 17.5 Å². The quantitative estimate of drug-likeness (QED) is 0.752. The lowest BCUT2D eigenvalue weighted by Gasteiger charge is -2.38. The summed E-state index contributed by atoms with van der Waals surface area (Å²) in [5.41, 5.74) is 0. The number of piperidine rings is 1. The molecule has 1 aliphatic rings. The highest BCUT2D eigenvalue weighted by Gasteiger charge is 2.25. The summed E-state index contributed by atoms with van der Waals surface area (Å²) in [6.45, 7) is 4.37. The van der Waals surface area contributed by atoms with Gasteiger partial charge in [-0.25, -0.2) is 0 Å². The van der Waals surface area contributed by atoms with Crippen LogP contribution in [0.3, 0.4) is 0 Å². The summed E-state index contributed by atoms with van der Waals surface area (Å²) in [6.07, 6.45) is 6.08. The Balaban J connectivity index is 1.79. The third-order valence-electron chi connectivity index (χ3n) is 4.43. The zero-order chi connectivity index (χ0) is 16.8. The highest BCUT2D eigenvalue weighted by Crippen LogP contribution is 2.16. The van der Waals surface area contributed by atoms with Gasteiger partial charge in [0, 0.05) is 51.4 Å². The molecule has 0 unspecified atom stereocenters. The lowest BCUT2D eigenvalue weighted by atomic mass is 10.0. The topological polar surface area (TPSA) is 44.6 Å². The Hall–Kier alpha value is -1.11. The third-order valence-corrected chi connectivity index (χ3v) is 4.62. The largest absolute Gasteiger partial charge is 0.341 e. The molecule has 1 fully saturated rings. The van der Waals surface area contributed by atoms with Gasteiger partial charge in [-0.2, -0.15) is 5.10 Å². The molecule has 130 valence electrons. The van der Waals surface area contributed by atoms with Gasteiger partial charge in [0.2, 0.25) is 5.91 Å². The average Bonchev–Trinajstić information content (AvgIpc) is 2.95. The molecule has 0 aliphatic carbocycles. The van der Waals surface area contributed by atoms with E-state index in [1.54, 1.807) is 17.1 Å². The summed E-state index contributed by atoms with van der Waals surface area (Å²) in [6, 6.07) is 0.465. The number of rotatable bonds is 7. The van der Waals surface area contributed by atoms with E-state index in [2.05, 4.69) is 36.0 Å². The Labute approximate surface area is 144 Å².